The second kappa shape index (κ2) is 7.55. The van der Waals surface area contributed by atoms with Gasteiger partial charge >= 0.3 is 0 Å². The summed E-state index contributed by atoms with van der Waals surface area (Å²) in [5, 5.41) is 0.522. The second-order valence-electron chi connectivity index (χ2n) is 8.22. The summed E-state index contributed by atoms with van der Waals surface area (Å²) >= 11 is 0. The molecule has 0 radical (unpaired) electrons. The van der Waals surface area contributed by atoms with Gasteiger partial charge in [-0.1, -0.05) is 71.8 Å². The molecule has 1 aliphatic rings. The minimum atomic E-state index is -0.451. The molecule has 0 saturated carbocycles. The fraction of sp³-hybridized carbons (Fsp3) is 0.185. The van der Waals surface area contributed by atoms with Crippen LogP contribution in [0.2, 0.25) is 0 Å². The first-order valence-corrected chi connectivity index (χ1v) is 10.5. The maximum atomic E-state index is 13.5. The molecule has 1 aliphatic heterocycles. The first-order chi connectivity index (χ1) is 15.0. The third-order valence-corrected chi connectivity index (χ3v) is 6.00. The third-order valence-electron chi connectivity index (χ3n) is 6.00. The molecule has 2 heterocycles. The first kappa shape index (κ1) is 19.3. The SMILES string of the molecule is Cc1ccc(C2c3c(oc4ccc(C)cc4c3=O)C(=O)N2CCc2ccccc2)cc1. The van der Waals surface area contributed by atoms with Gasteiger partial charge in [0.15, 0.2) is 5.43 Å². The Labute approximate surface area is 180 Å². The fourth-order valence-electron chi connectivity index (χ4n) is 4.35. The number of nitrogens with zero attached hydrogens (tertiary/aromatic N) is 1. The van der Waals surface area contributed by atoms with Crippen LogP contribution < -0.4 is 5.43 Å². The van der Waals surface area contributed by atoms with Crippen molar-refractivity contribution in [2.24, 2.45) is 0 Å². The Kier molecular flexibility index (Phi) is 4.70. The molecule has 4 aromatic rings. The molecule has 0 saturated heterocycles. The molecule has 31 heavy (non-hydrogen) atoms. The summed E-state index contributed by atoms with van der Waals surface area (Å²) in [5.74, 6) is -0.0592. The van der Waals surface area contributed by atoms with Gasteiger partial charge in [-0.3, -0.25) is 9.59 Å². The van der Waals surface area contributed by atoms with Crippen LogP contribution in [0.4, 0.5) is 0 Å². The minimum absolute atomic E-state index is 0.124. The summed E-state index contributed by atoms with van der Waals surface area (Å²) in [6, 6.07) is 23.1. The van der Waals surface area contributed by atoms with Crippen molar-refractivity contribution < 1.29 is 9.21 Å². The molecule has 0 bridgehead atoms. The maximum Gasteiger partial charge on any atom is 0.290 e. The molecule has 0 fully saturated rings. The third kappa shape index (κ3) is 3.34. The van der Waals surface area contributed by atoms with Gasteiger partial charge in [-0.05, 0) is 43.5 Å². The average Bonchev–Trinajstić information content (AvgIpc) is 3.06. The Hall–Kier alpha value is -3.66. The number of carbonyl (C=O) groups excluding carboxylic acids is 1. The number of fused-ring (bicyclic) bond motifs is 2. The summed E-state index contributed by atoms with van der Waals surface area (Å²) in [5.41, 5.74) is 4.96. The quantitative estimate of drug-likeness (QED) is 0.466. The van der Waals surface area contributed by atoms with Crippen LogP contribution in [-0.4, -0.2) is 17.4 Å². The summed E-state index contributed by atoms with van der Waals surface area (Å²) in [6.45, 7) is 4.47. The zero-order valence-electron chi connectivity index (χ0n) is 17.6. The Morgan fingerprint density at radius 2 is 1.58 bits per heavy atom. The van der Waals surface area contributed by atoms with Gasteiger partial charge in [-0.2, -0.15) is 0 Å². The van der Waals surface area contributed by atoms with Crippen molar-refractivity contribution in [3.05, 3.63) is 117 Å². The maximum absolute atomic E-state index is 13.5. The van der Waals surface area contributed by atoms with E-state index >= 15 is 0 Å². The van der Waals surface area contributed by atoms with Gasteiger partial charge in [-0.15, -0.1) is 0 Å². The van der Waals surface area contributed by atoms with E-state index in [1.165, 1.54) is 0 Å². The summed E-state index contributed by atoms with van der Waals surface area (Å²) in [7, 11) is 0. The number of carbonyl (C=O) groups is 1. The van der Waals surface area contributed by atoms with Crippen LogP contribution in [0.5, 0.6) is 0 Å². The highest BCUT2D eigenvalue weighted by Crippen LogP contribution is 2.38. The number of hydrogen-bond donors (Lipinski definition) is 0. The van der Waals surface area contributed by atoms with E-state index in [9.17, 15) is 9.59 Å². The standard InChI is InChI=1S/C27H23NO3/c1-17-8-11-20(12-9-17)24-23-25(29)21-16-18(2)10-13-22(21)31-26(23)27(30)28(24)15-14-19-6-4-3-5-7-19/h3-13,16,24H,14-15H2,1-2H3. The molecule has 0 aliphatic carbocycles. The van der Waals surface area contributed by atoms with Gasteiger partial charge in [0.2, 0.25) is 5.76 Å². The van der Waals surface area contributed by atoms with Gasteiger partial charge in [0.25, 0.3) is 5.91 Å². The molecule has 5 rings (SSSR count). The molecule has 4 nitrogen and oxygen atoms in total. The highest BCUT2D eigenvalue weighted by molar-refractivity contribution is 5.99. The Morgan fingerprint density at radius 1 is 0.871 bits per heavy atom. The lowest BCUT2D eigenvalue weighted by Crippen LogP contribution is -2.31. The van der Waals surface area contributed by atoms with E-state index in [0.717, 1.165) is 22.3 Å². The predicted molar refractivity (Wildman–Crippen MR) is 121 cm³/mol. The van der Waals surface area contributed by atoms with Gasteiger partial charge in [0, 0.05) is 6.54 Å². The summed E-state index contributed by atoms with van der Waals surface area (Å²) < 4.78 is 6.02. The molecular weight excluding hydrogens is 386 g/mol. The van der Waals surface area contributed by atoms with E-state index in [2.05, 4.69) is 12.1 Å². The molecule has 3 aromatic carbocycles. The molecule has 0 spiro atoms. The Balaban J connectivity index is 1.66. The summed E-state index contributed by atoms with van der Waals surface area (Å²) in [4.78, 5) is 28.8. The zero-order chi connectivity index (χ0) is 21.5. The molecule has 1 amide bonds. The fourth-order valence-corrected chi connectivity index (χ4v) is 4.35. The van der Waals surface area contributed by atoms with Crippen LogP contribution in [0.3, 0.4) is 0 Å². The normalized spacial score (nSPS) is 15.5. The summed E-state index contributed by atoms with van der Waals surface area (Å²) in [6.07, 6.45) is 0.704. The molecule has 1 unspecified atom stereocenters. The number of benzene rings is 3. The second-order valence-corrected chi connectivity index (χ2v) is 8.22. The van der Waals surface area contributed by atoms with Gasteiger partial charge in [-0.25, -0.2) is 0 Å². The molecule has 4 heteroatoms. The van der Waals surface area contributed by atoms with Gasteiger partial charge in [0.05, 0.1) is 17.0 Å². The van der Waals surface area contributed by atoms with Crippen molar-refractivity contribution in [3.8, 4) is 0 Å². The minimum Gasteiger partial charge on any atom is -0.450 e. The lowest BCUT2D eigenvalue weighted by molar-refractivity contribution is 0.0730. The van der Waals surface area contributed by atoms with E-state index in [0.29, 0.717) is 29.5 Å². The number of aryl methyl sites for hydroxylation is 2. The van der Waals surface area contributed by atoms with E-state index in [4.69, 9.17) is 4.42 Å². The molecule has 1 aromatic heterocycles. The molecule has 1 atom stereocenters. The molecular formula is C27H23NO3. The Morgan fingerprint density at radius 3 is 2.32 bits per heavy atom. The highest BCUT2D eigenvalue weighted by atomic mass is 16.3. The van der Waals surface area contributed by atoms with Crippen molar-refractivity contribution in [2.75, 3.05) is 6.54 Å². The van der Waals surface area contributed by atoms with Crippen LogP contribution in [0, 0.1) is 13.8 Å². The largest absolute Gasteiger partial charge is 0.450 e. The molecule has 0 N–H and O–H groups in total. The van der Waals surface area contributed by atoms with E-state index in [1.807, 2.05) is 68.4 Å². The van der Waals surface area contributed by atoms with E-state index in [1.54, 1.807) is 11.0 Å². The lowest BCUT2D eigenvalue weighted by atomic mass is 9.97. The van der Waals surface area contributed by atoms with Crippen molar-refractivity contribution in [3.63, 3.8) is 0 Å². The van der Waals surface area contributed by atoms with Crippen LogP contribution in [0.15, 0.2) is 82.0 Å². The van der Waals surface area contributed by atoms with Crippen molar-refractivity contribution in [2.45, 2.75) is 26.3 Å². The van der Waals surface area contributed by atoms with Gasteiger partial charge < -0.3 is 9.32 Å². The highest BCUT2D eigenvalue weighted by Gasteiger charge is 2.42. The number of amides is 1. The van der Waals surface area contributed by atoms with E-state index < -0.39 is 6.04 Å². The van der Waals surface area contributed by atoms with Gasteiger partial charge in [0.1, 0.15) is 5.58 Å². The smallest absolute Gasteiger partial charge is 0.290 e. The number of hydrogen-bond acceptors (Lipinski definition) is 3. The monoisotopic (exact) mass is 409 g/mol. The van der Waals surface area contributed by atoms with Crippen molar-refractivity contribution >= 4 is 16.9 Å². The average molecular weight is 409 g/mol. The zero-order valence-corrected chi connectivity index (χ0v) is 17.6. The van der Waals surface area contributed by atoms with Crippen LogP contribution >= 0.6 is 0 Å². The van der Waals surface area contributed by atoms with Crippen LogP contribution in [-0.2, 0) is 6.42 Å². The van der Waals surface area contributed by atoms with Crippen molar-refractivity contribution in [1.82, 2.24) is 4.90 Å². The number of rotatable bonds is 4. The topological polar surface area (TPSA) is 50.5 Å². The van der Waals surface area contributed by atoms with Crippen LogP contribution in [0.25, 0.3) is 11.0 Å². The predicted octanol–water partition coefficient (Wildman–Crippen LogP) is 5.20. The van der Waals surface area contributed by atoms with Crippen molar-refractivity contribution in [1.29, 1.82) is 0 Å². The van der Waals surface area contributed by atoms with Crippen LogP contribution in [0.1, 0.15) is 44.4 Å². The van der Waals surface area contributed by atoms with E-state index in [-0.39, 0.29) is 17.1 Å². The Bertz CT molecular complexity index is 1340. The first-order valence-electron chi connectivity index (χ1n) is 10.5. The molecule has 154 valence electrons. The lowest BCUT2D eigenvalue weighted by Gasteiger charge is -2.25.